The fourth-order valence-electron chi connectivity index (χ4n) is 2.15. The van der Waals surface area contributed by atoms with Crippen LogP contribution in [0.3, 0.4) is 0 Å². The van der Waals surface area contributed by atoms with Crippen LogP contribution in [-0.4, -0.2) is 10.1 Å². The lowest BCUT2D eigenvalue weighted by Gasteiger charge is -2.11. The highest BCUT2D eigenvalue weighted by molar-refractivity contribution is 9.10. The van der Waals surface area contributed by atoms with Crippen molar-refractivity contribution >= 4 is 26.8 Å². The second-order valence-electron chi connectivity index (χ2n) is 4.83. The molecule has 0 radical (unpaired) electrons. The first kappa shape index (κ1) is 14.0. The first-order valence-electron chi connectivity index (χ1n) is 6.63. The third-order valence-electron chi connectivity index (χ3n) is 3.22. The highest BCUT2D eigenvalue weighted by Crippen LogP contribution is 2.30. The van der Waals surface area contributed by atoms with Crippen molar-refractivity contribution in [3.05, 3.63) is 64.8 Å². The van der Waals surface area contributed by atoms with Gasteiger partial charge in [-0.05, 0) is 36.8 Å². The molecule has 0 saturated heterocycles. The first-order chi connectivity index (χ1) is 10.1. The Balaban J connectivity index is 1.89. The van der Waals surface area contributed by atoms with Crippen molar-refractivity contribution in [2.75, 3.05) is 0 Å². The van der Waals surface area contributed by atoms with Crippen LogP contribution in [0.2, 0.25) is 0 Å². The van der Waals surface area contributed by atoms with E-state index in [1.807, 2.05) is 48.5 Å². The van der Waals surface area contributed by atoms with E-state index < -0.39 is 6.10 Å². The van der Waals surface area contributed by atoms with Gasteiger partial charge >= 0.3 is 0 Å². The summed E-state index contributed by atoms with van der Waals surface area (Å²) in [6.45, 7) is 1.73. The minimum atomic E-state index is -0.518. The Morgan fingerprint density at radius 1 is 1.10 bits per heavy atom. The molecule has 0 aliphatic carbocycles. The van der Waals surface area contributed by atoms with Crippen molar-refractivity contribution in [2.45, 2.75) is 13.0 Å². The first-order valence-corrected chi connectivity index (χ1v) is 7.43. The molecule has 0 bridgehead atoms. The average Bonchev–Trinajstić information content (AvgIpc) is 2.47. The van der Waals surface area contributed by atoms with Gasteiger partial charge < -0.3 is 9.84 Å². The third-order valence-corrected chi connectivity index (χ3v) is 3.91. The van der Waals surface area contributed by atoms with Crippen molar-refractivity contribution in [1.29, 1.82) is 0 Å². The van der Waals surface area contributed by atoms with Crippen LogP contribution in [0.1, 0.15) is 18.6 Å². The molecule has 0 aliphatic rings. The van der Waals surface area contributed by atoms with Crippen molar-refractivity contribution in [3.8, 4) is 11.5 Å². The summed E-state index contributed by atoms with van der Waals surface area (Å²) in [5.74, 6) is 1.38. The number of aromatic nitrogens is 1. The number of nitrogens with zero attached hydrogens (tertiary/aromatic N) is 1. The number of ether oxygens (including phenoxy) is 1. The van der Waals surface area contributed by atoms with Crippen LogP contribution in [-0.2, 0) is 0 Å². The van der Waals surface area contributed by atoms with Gasteiger partial charge in [-0.2, -0.15) is 0 Å². The van der Waals surface area contributed by atoms with E-state index in [1.54, 1.807) is 13.1 Å². The Morgan fingerprint density at radius 2 is 1.90 bits per heavy atom. The van der Waals surface area contributed by atoms with Crippen LogP contribution in [0.15, 0.2) is 59.2 Å². The standard InChI is InChI=1S/C17H14BrNO2/c1-11(20)15-7-6-13(9-16(15)18)21-14-8-12-4-2-3-5-17(12)19-10-14/h2-11,20H,1H3. The van der Waals surface area contributed by atoms with Crippen LogP contribution in [0, 0.1) is 0 Å². The molecule has 0 aliphatic heterocycles. The molecule has 0 amide bonds. The molecule has 0 spiro atoms. The Kier molecular flexibility index (Phi) is 3.90. The summed E-state index contributed by atoms with van der Waals surface area (Å²) in [7, 11) is 0. The van der Waals surface area contributed by atoms with Gasteiger partial charge in [-0.3, -0.25) is 4.98 Å². The second-order valence-corrected chi connectivity index (χ2v) is 5.68. The Labute approximate surface area is 131 Å². The maximum atomic E-state index is 9.62. The molecule has 4 heteroatoms. The van der Waals surface area contributed by atoms with Gasteiger partial charge in [0, 0.05) is 9.86 Å². The van der Waals surface area contributed by atoms with Crippen LogP contribution >= 0.6 is 15.9 Å². The van der Waals surface area contributed by atoms with Crippen molar-refractivity contribution in [1.82, 2.24) is 4.98 Å². The highest BCUT2D eigenvalue weighted by atomic mass is 79.9. The number of aliphatic hydroxyl groups excluding tert-OH is 1. The molecular weight excluding hydrogens is 330 g/mol. The number of rotatable bonds is 3. The number of hydrogen-bond acceptors (Lipinski definition) is 3. The molecule has 1 heterocycles. The summed E-state index contributed by atoms with van der Waals surface area (Å²) >= 11 is 3.45. The second kappa shape index (κ2) is 5.84. The van der Waals surface area contributed by atoms with Gasteiger partial charge in [0.05, 0.1) is 17.8 Å². The Bertz CT molecular complexity index is 787. The molecule has 0 fully saturated rings. The van der Waals surface area contributed by atoms with Crippen molar-refractivity contribution in [2.24, 2.45) is 0 Å². The minimum Gasteiger partial charge on any atom is -0.456 e. The van der Waals surface area contributed by atoms with Crippen LogP contribution in [0.25, 0.3) is 10.9 Å². The molecule has 3 nitrogen and oxygen atoms in total. The molecule has 1 N–H and O–H groups in total. The summed E-state index contributed by atoms with van der Waals surface area (Å²) in [6.07, 6.45) is 1.19. The average molecular weight is 344 g/mol. The molecular formula is C17H14BrNO2. The number of para-hydroxylation sites is 1. The molecule has 106 valence electrons. The number of pyridine rings is 1. The van der Waals surface area contributed by atoms with Crippen LogP contribution < -0.4 is 4.74 Å². The van der Waals surface area contributed by atoms with Crippen molar-refractivity contribution in [3.63, 3.8) is 0 Å². The van der Waals surface area contributed by atoms with Gasteiger partial charge in [0.15, 0.2) is 0 Å². The number of halogens is 1. The predicted molar refractivity (Wildman–Crippen MR) is 86.6 cm³/mol. The lowest BCUT2D eigenvalue weighted by Crippen LogP contribution is -1.93. The Morgan fingerprint density at radius 3 is 2.67 bits per heavy atom. The molecule has 1 unspecified atom stereocenters. The Hall–Kier alpha value is -1.91. The van der Waals surface area contributed by atoms with Gasteiger partial charge in [-0.15, -0.1) is 0 Å². The number of fused-ring (bicyclic) bond motifs is 1. The fourth-order valence-corrected chi connectivity index (χ4v) is 2.84. The monoisotopic (exact) mass is 343 g/mol. The zero-order valence-corrected chi connectivity index (χ0v) is 13.0. The van der Waals surface area contributed by atoms with E-state index in [2.05, 4.69) is 20.9 Å². The zero-order valence-electron chi connectivity index (χ0n) is 11.5. The van der Waals surface area contributed by atoms with E-state index in [0.29, 0.717) is 11.5 Å². The van der Waals surface area contributed by atoms with Gasteiger partial charge in [0.25, 0.3) is 0 Å². The largest absolute Gasteiger partial charge is 0.456 e. The van der Waals surface area contributed by atoms with Gasteiger partial charge in [-0.25, -0.2) is 0 Å². The number of benzene rings is 2. The lowest BCUT2D eigenvalue weighted by molar-refractivity contribution is 0.198. The summed E-state index contributed by atoms with van der Waals surface area (Å²) in [4.78, 5) is 4.37. The van der Waals surface area contributed by atoms with Crippen LogP contribution in [0.5, 0.6) is 11.5 Å². The molecule has 1 atom stereocenters. The summed E-state index contributed by atoms with van der Waals surface area (Å²) < 4.78 is 6.65. The topological polar surface area (TPSA) is 42.4 Å². The molecule has 0 saturated carbocycles. The molecule has 21 heavy (non-hydrogen) atoms. The highest BCUT2D eigenvalue weighted by Gasteiger charge is 2.08. The summed E-state index contributed by atoms with van der Waals surface area (Å²) in [6, 6.07) is 15.4. The number of hydrogen-bond donors (Lipinski definition) is 1. The SMILES string of the molecule is CC(O)c1ccc(Oc2cnc3ccccc3c2)cc1Br. The fraction of sp³-hybridized carbons (Fsp3) is 0.118. The summed E-state index contributed by atoms with van der Waals surface area (Å²) in [5.41, 5.74) is 1.77. The van der Waals surface area contributed by atoms with E-state index in [-0.39, 0.29) is 0 Å². The van der Waals surface area contributed by atoms with Crippen LogP contribution in [0.4, 0.5) is 0 Å². The molecule has 1 aromatic heterocycles. The smallest absolute Gasteiger partial charge is 0.146 e. The van der Waals surface area contributed by atoms with Gasteiger partial charge in [0.1, 0.15) is 11.5 Å². The lowest BCUT2D eigenvalue weighted by atomic mass is 10.1. The van der Waals surface area contributed by atoms with Gasteiger partial charge in [0.2, 0.25) is 0 Å². The van der Waals surface area contributed by atoms with E-state index in [0.717, 1.165) is 20.9 Å². The molecule has 3 rings (SSSR count). The van der Waals surface area contributed by atoms with E-state index >= 15 is 0 Å². The maximum absolute atomic E-state index is 9.62. The van der Waals surface area contributed by atoms with E-state index in [4.69, 9.17) is 4.74 Å². The normalized spacial score (nSPS) is 12.3. The van der Waals surface area contributed by atoms with Gasteiger partial charge in [-0.1, -0.05) is 40.2 Å². The third kappa shape index (κ3) is 3.06. The van der Waals surface area contributed by atoms with E-state index in [9.17, 15) is 5.11 Å². The molecule has 3 aromatic rings. The quantitative estimate of drug-likeness (QED) is 0.739. The summed E-state index contributed by atoms with van der Waals surface area (Å²) in [5, 5.41) is 10.7. The zero-order chi connectivity index (χ0) is 14.8. The minimum absolute atomic E-state index is 0.518. The number of aliphatic hydroxyl groups is 1. The maximum Gasteiger partial charge on any atom is 0.146 e. The predicted octanol–water partition coefficient (Wildman–Crippen LogP) is 4.84. The van der Waals surface area contributed by atoms with E-state index in [1.165, 1.54) is 0 Å². The molecule has 2 aromatic carbocycles. The van der Waals surface area contributed by atoms with Crippen molar-refractivity contribution < 1.29 is 9.84 Å².